The number of hydrogen-bond acceptors (Lipinski definition) is 2. The van der Waals surface area contributed by atoms with Gasteiger partial charge < -0.3 is 15.7 Å². The number of carbonyl (C=O) groups excluding carboxylic acids is 1. The lowest BCUT2D eigenvalue weighted by Crippen LogP contribution is -2.35. The largest absolute Gasteiger partial charge is 0.508 e. The topological polar surface area (TPSA) is 66.6 Å². The van der Waals surface area contributed by atoms with Crippen LogP contribution in [0.5, 0.6) is 5.75 Å². The molecule has 0 saturated heterocycles. The van der Waals surface area contributed by atoms with Crippen LogP contribution in [0.4, 0.5) is 4.79 Å². The number of nitrogens with two attached hydrogens (primary N) is 1. The highest BCUT2D eigenvalue weighted by atomic mass is 16.3. The zero-order valence-electron chi connectivity index (χ0n) is 18.0. The minimum absolute atomic E-state index is 0.237. The molecular formula is C24H42N2O2. The molecule has 0 saturated carbocycles. The Hall–Kier alpha value is -1.71. The fourth-order valence-corrected chi connectivity index (χ4v) is 3.59. The SMILES string of the molecule is CCCCCCCCCCCCCCCCN(Cc1ccc(O)cc1)C(N)=O. The Balaban J connectivity index is 1.97. The van der Waals surface area contributed by atoms with Gasteiger partial charge in [-0.05, 0) is 24.1 Å². The number of hydrogen-bond donors (Lipinski definition) is 2. The smallest absolute Gasteiger partial charge is 0.315 e. The summed E-state index contributed by atoms with van der Waals surface area (Å²) in [5, 5.41) is 9.34. The van der Waals surface area contributed by atoms with Crippen LogP contribution < -0.4 is 5.73 Å². The summed E-state index contributed by atoms with van der Waals surface area (Å²) in [6.45, 7) is 3.48. The zero-order valence-corrected chi connectivity index (χ0v) is 18.0. The fraction of sp³-hybridized carbons (Fsp3) is 0.708. The molecule has 0 radical (unpaired) electrons. The van der Waals surface area contributed by atoms with Gasteiger partial charge in [0, 0.05) is 13.1 Å². The molecule has 160 valence electrons. The van der Waals surface area contributed by atoms with Crippen LogP contribution in [0.15, 0.2) is 24.3 Å². The van der Waals surface area contributed by atoms with Crippen molar-refractivity contribution >= 4 is 6.03 Å². The summed E-state index contributed by atoms with van der Waals surface area (Å²) in [4.78, 5) is 13.3. The number of nitrogens with zero attached hydrogens (tertiary/aromatic N) is 1. The second-order valence-corrected chi connectivity index (χ2v) is 8.02. The van der Waals surface area contributed by atoms with Crippen LogP contribution in [0, 0.1) is 0 Å². The van der Waals surface area contributed by atoms with E-state index in [0.29, 0.717) is 13.1 Å². The molecule has 2 amide bonds. The Kier molecular flexibility index (Phi) is 14.1. The van der Waals surface area contributed by atoms with Gasteiger partial charge in [0.2, 0.25) is 0 Å². The molecule has 1 rings (SSSR count). The summed E-state index contributed by atoms with van der Waals surface area (Å²) in [5.74, 6) is 0.237. The summed E-state index contributed by atoms with van der Waals surface area (Å²) >= 11 is 0. The van der Waals surface area contributed by atoms with Crippen LogP contribution in [0.2, 0.25) is 0 Å². The highest BCUT2D eigenvalue weighted by Gasteiger charge is 2.09. The van der Waals surface area contributed by atoms with Gasteiger partial charge in [0.1, 0.15) is 5.75 Å². The molecule has 0 aliphatic heterocycles. The molecule has 0 heterocycles. The number of primary amides is 1. The molecule has 0 aliphatic carbocycles. The third-order valence-electron chi connectivity index (χ3n) is 5.40. The van der Waals surface area contributed by atoms with Crippen molar-refractivity contribution in [3.05, 3.63) is 29.8 Å². The monoisotopic (exact) mass is 390 g/mol. The summed E-state index contributed by atoms with van der Waals surface area (Å²) < 4.78 is 0. The molecule has 28 heavy (non-hydrogen) atoms. The predicted molar refractivity (Wildman–Crippen MR) is 118 cm³/mol. The lowest BCUT2D eigenvalue weighted by Gasteiger charge is -2.20. The first-order valence-electron chi connectivity index (χ1n) is 11.5. The Morgan fingerprint density at radius 1 is 0.786 bits per heavy atom. The van der Waals surface area contributed by atoms with Crippen molar-refractivity contribution in [1.82, 2.24) is 4.90 Å². The summed E-state index contributed by atoms with van der Waals surface area (Å²) in [5.41, 5.74) is 6.49. The molecule has 0 unspecified atom stereocenters. The standard InChI is InChI=1S/C24H42N2O2/c1-2-3-4-5-6-7-8-9-10-11-12-13-14-15-20-26(24(25)28)21-22-16-18-23(27)19-17-22/h16-19,27H,2-15,20-21H2,1H3,(H2,25,28). The maximum atomic E-state index is 11.6. The average Bonchev–Trinajstić information content (AvgIpc) is 2.68. The van der Waals surface area contributed by atoms with Crippen molar-refractivity contribution in [2.24, 2.45) is 5.73 Å². The third kappa shape index (κ3) is 12.6. The lowest BCUT2D eigenvalue weighted by molar-refractivity contribution is 0.203. The van der Waals surface area contributed by atoms with Crippen LogP contribution in [0.1, 0.15) is 102 Å². The van der Waals surface area contributed by atoms with Crippen molar-refractivity contribution in [3.63, 3.8) is 0 Å². The molecule has 0 spiro atoms. The Morgan fingerprint density at radius 2 is 1.21 bits per heavy atom. The van der Waals surface area contributed by atoms with Crippen molar-refractivity contribution in [3.8, 4) is 5.75 Å². The van der Waals surface area contributed by atoms with Crippen molar-refractivity contribution in [2.45, 2.75) is 103 Å². The van der Waals surface area contributed by atoms with Crippen LogP contribution in [0.3, 0.4) is 0 Å². The maximum absolute atomic E-state index is 11.6. The second kappa shape index (κ2) is 16.3. The quantitative estimate of drug-likeness (QED) is 0.289. The van der Waals surface area contributed by atoms with Crippen LogP contribution in [0.25, 0.3) is 0 Å². The first kappa shape index (κ1) is 24.3. The number of urea groups is 1. The number of benzene rings is 1. The summed E-state index contributed by atoms with van der Waals surface area (Å²) in [6, 6.07) is 6.57. The van der Waals surface area contributed by atoms with Gasteiger partial charge in [-0.2, -0.15) is 0 Å². The van der Waals surface area contributed by atoms with E-state index >= 15 is 0 Å². The van der Waals surface area contributed by atoms with Crippen LogP contribution in [-0.2, 0) is 6.54 Å². The second-order valence-electron chi connectivity index (χ2n) is 8.02. The minimum atomic E-state index is -0.372. The normalized spacial score (nSPS) is 10.9. The van der Waals surface area contributed by atoms with Crippen molar-refractivity contribution in [1.29, 1.82) is 0 Å². The molecule has 4 heteroatoms. The molecule has 1 aromatic rings. The van der Waals surface area contributed by atoms with Gasteiger partial charge in [0.25, 0.3) is 0 Å². The molecule has 0 aromatic heterocycles. The molecular weight excluding hydrogens is 348 g/mol. The first-order valence-corrected chi connectivity index (χ1v) is 11.5. The molecule has 1 aromatic carbocycles. The van der Waals surface area contributed by atoms with E-state index in [9.17, 15) is 9.90 Å². The molecule has 0 aliphatic rings. The number of rotatable bonds is 17. The number of amides is 2. The number of carbonyl (C=O) groups is 1. The zero-order chi connectivity index (χ0) is 20.5. The number of unbranched alkanes of at least 4 members (excludes halogenated alkanes) is 13. The number of phenols is 1. The van der Waals surface area contributed by atoms with Gasteiger partial charge in [-0.15, -0.1) is 0 Å². The highest BCUT2D eigenvalue weighted by Crippen LogP contribution is 2.14. The average molecular weight is 391 g/mol. The van der Waals surface area contributed by atoms with Gasteiger partial charge in [0.05, 0.1) is 0 Å². The van der Waals surface area contributed by atoms with Crippen molar-refractivity contribution in [2.75, 3.05) is 6.54 Å². The maximum Gasteiger partial charge on any atom is 0.315 e. The molecule has 0 atom stereocenters. The molecule has 3 N–H and O–H groups in total. The van der Waals surface area contributed by atoms with E-state index in [1.807, 2.05) is 12.1 Å². The van der Waals surface area contributed by atoms with E-state index in [1.165, 1.54) is 77.0 Å². The molecule has 4 nitrogen and oxygen atoms in total. The van der Waals surface area contributed by atoms with Crippen LogP contribution >= 0.6 is 0 Å². The number of phenolic OH excluding ortho intramolecular Hbond substituents is 1. The van der Waals surface area contributed by atoms with E-state index in [2.05, 4.69) is 6.92 Å². The van der Waals surface area contributed by atoms with Gasteiger partial charge in [-0.3, -0.25) is 0 Å². The summed E-state index contributed by atoms with van der Waals surface area (Å²) in [6.07, 6.45) is 18.6. The van der Waals surface area contributed by atoms with E-state index in [1.54, 1.807) is 17.0 Å². The minimum Gasteiger partial charge on any atom is -0.508 e. The van der Waals surface area contributed by atoms with E-state index in [4.69, 9.17) is 5.73 Å². The summed E-state index contributed by atoms with van der Waals surface area (Å²) in [7, 11) is 0. The van der Waals surface area contributed by atoms with E-state index < -0.39 is 0 Å². The van der Waals surface area contributed by atoms with Gasteiger partial charge in [-0.1, -0.05) is 103 Å². The molecule has 0 bridgehead atoms. The van der Waals surface area contributed by atoms with E-state index in [0.717, 1.165) is 18.4 Å². The third-order valence-corrected chi connectivity index (χ3v) is 5.40. The fourth-order valence-electron chi connectivity index (χ4n) is 3.59. The van der Waals surface area contributed by atoms with Gasteiger partial charge in [-0.25, -0.2) is 4.79 Å². The highest BCUT2D eigenvalue weighted by molar-refractivity contribution is 5.72. The molecule has 0 fully saturated rings. The van der Waals surface area contributed by atoms with E-state index in [-0.39, 0.29) is 11.8 Å². The number of aromatic hydroxyl groups is 1. The van der Waals surface area contributed by atoms with Gasteiger partial charge in [0.15, 0.2) is 0 Å². The van der Waals surface area contributed by atoms with Crippen LogP contribution in [-0.4, -0.2) is 22.6 Å². The Morgan fingerprint density at radius 3 is 1.64 bits per heavy atom. The first-order chi connectivity index (χ1) is 13.6. The predicted octanol–water partition coefficient (Wildman–Crippen LogP) is 6.75. The van der Waals surface area contributed by atoms with Gasteiger partial charge >= 0.3 is 6.03 Å². The Bertz CT molecular complexity index is 502. The van der Waals surface area contributed by atoms with Crippen molar-refractivity contribution < 1.29 is 9.90 Å². The Labute approximate surface area is 172 Å². The lowest BCUT2D eigenvalue weighted by atomic mass is 10.0.